The minimum absolute atomic E-state index is 0.297. The van der Waals surface area contributed by atoms with E-state index in [1.54, 1.807) is 0 Å². The number of aliphatic imine (C=N–C) groups is 1. The summed E-state index contributed by atoms with van der Waals surface area (Å²) < 4.78 is 14.0. The molecule has 0 spiro atoms. The van der Waals surface area contributed by atoms with Crippen molar-refractivity contribution in [2.45, 2.75) is 50.2 Å². The first kappa shape index (κ1) is 38.3. The van der Waals surface area contributed by atoms with Crippen LogP contribution in [0.25, 0.3) is 11.1 Å². The van der Waals surface area contributed by atoms with Crippen molar-refractivity contribution in [2.75, 3.05) is 7.05 Å². The Kier molecular flexibility index (Phi) is 11.2. The van der Waals surface area contributed by atoms with Gasteiger partial charge in [0.05, 0.1) is 11.1 Å². The lowest BCUT2D eigenvalue weighted by Gasteiger charge is -2.37. The average Bonchev–Trinajstić information content (AvgIpc) is 3.61. The molecule has 5 aromatic carbocycles. The van der Waals surface area contributed by atoms with Crippen molar-refractivity contribution in [2.24, 2.45) is 10.7 Å². The second kappa shape index (κ2) is 16.9. The van der Waals surface area contributed by atoms with Crippen molar-refractivity contribution in [3.8, 4) is 22.6 Å². The summed E-state index contributed by atoms with van der Waals surface area (Å²) in [5.41, 5.74) is 17.1. The molecule has 4 aliphatic rings. The number of fused-ring (bicyclic) bond motifs is 5. The number of nitrogens with zero attached hydrogens (tertiary/aromatic N) is 1. The van der Waals surface area contributed by atoms with Gasteiger partial charge in [0.25, 0.3) is 0 Å². The molecule has 2 unspecified atom stereocenters. The fourth-order valence-electron chi connectivity index (χ4n) is 8.98. The molecule has 9 rings (SSSR count). The summed E-state index contributed by atoms with van der Waals surface area (Å²) in [5.74, 6) is 1.77. The molecule has 0 fully saturated rings. The zero-order valence-corrected chi connectivity index (χ0v) is 33.2. The summed E-state index contributed by atoms with van der Waals surface area (Å²) in [4.78, 5) is 4.94. The van der Waals surface area contributed by atoms with E-state index in [2.05, 4.69) is 165 Å². The number of ether oxygens (including phenoxy) is 2. The number of hydrogen-bond acceptors (Lipinski definition) is 4. The molecule has 3 N–H and O–H groups in total. The number of nitrogens with two attached hydrogens (primary N) is 1. The maximum atomic E-state index is 9.12. The van der Waals surface area contributed by atoms with Crippen LogP contribution in [-0.2, 0) is 5.41 Å². The van der Waals surface area contributed by atoms with Gasteiger partial charge in [-0.15, -0.1) is 0 Å². The summed E-state index contributed by atoms with van der Waals surface area (Å²) in [7, 11) is 1.50. The first-order valence-electron chi connectivity index (χ1n) is 20.2. The second-order valence-corrected chi connectivity index (χ2v) is 14.6. The van der Waals surface area contributed by atoms with Crippen molar-refractivity contribution in [1.29, 1.82) is 5.41 Å². The molecule has 0 saturated heterocycles. The molecule has 3 aliphatic carbocycles. The number of allylic oxidation sites excluding steroid dienone is 7. The van der Waals surface area contributed by atoms with Gasteiger partial charge in [0.2, 0.25) is 0 Å². The topological polar surface area (TPSA) is 80.7 Å². The van der Waals surface area contributed by atoms with Gasteiger partial charge >= 0.3 is 0 Å². The van der Waals surface area contributed by atoms with Gasteiger partial charge in [-0.1, -0.05) is 164 Å². The third kappa shape index (κ3) is 6.71. The molecule has 0 bridgehead atoms. The SMILES string of the molecule is C=CC1Oc2ccc3c(c2OC1/C(=C\C)C1=CC=C(C(=N)N=C(C2=CCCC=C2)c2ccccc2)CC1)-c1ccccc1C3(c1ccccc1)c1ccccc1.CN. The lowest BCUT2D eigenvalue weighted by molar-refractivity contribution is 0.0716. The zero-order valence-electron chi connectivity index (χ0n) is 33.2. The van der Waals surface area contributed by atoms with Crippen LogP contribution in [0.2, 0.25) is 0 Å². The Labute approximate surface area is 342 Å². The number of amidine groups is 1. The van der Waals surface area contributed by atoms with Crippen LogP contribution in [-0.4, -0.2) is 30.8 Å². The van der Waals surface area contributed by atoms with Crippen molar-refractivity contribution < 1.29 is 9.47 Å². The van der Waals surface area contributed by atoms with Crippen LogP contribution in [0.15, 0.2) is 204 Å². The molecule has 1 aliphatic heterocycles. The van der Waals surface area contributed by atoms with Gasteiger partial charge < -0.3 is 15.2 Å². The first-order valence-corrected chi connectivity index (χ1v) is 20.2. The Hall–Kier alpha value is -6.56. The van der Waals surface area contributed by atoms with Gasteiger partial charge in [0, 0.05) is 11.1 Å². The average molecular weight is 760 g/mol. The van der Waals surface area contributed by atoms with E-state index >= 15 is 0 Å². The molecule has 1 heterocycles. The molecule has 0 amide bonds. The molecular formula is C53H49N3O2. The third-order valence-electron chi connectivity index (χ3n) is 11.6. The van der Waals surface area contributed by atoms with Crippen molar-refractivity contribution in [1.82, 2.24) is 0 Å². The van der Waals surface area contributed by atoms with Crippen LogP contribution in [0.3, 0.4) is 0 Å². The molecule has 0 radical (unpaired) electrons. The molecule has 2 atom stereocenters. The lowest BCUT2D eigenvalue weighted by Crippen LogP contribution is -2.40. The maximum Gasteiger partial charge on any atom is 0.170 e. The zero-order chi connectivity index (χ0) is 40.1. The molecule has 5 nitrogen and oxygen atoms in total. The summed E-state index contributed by atoms with van der Waals surface area (Å²) in [5, 5.41) is 9.12. The molecular weight excluding hydrogens is 711 g/mol. The van der Waals surface area contributed by atoms with Crippen LogP contribution in [0.4, 0.5) is 0 Å². The van der Waals surface area contributed by atoms with Crippen LogP contribution in [0.1, 0.15) is 60.4 Å². The predicted octanol–water partition coefficient (Wildman–Crippen LogP) is 11.7. The van der Waals surface area contributed by atoms with Gasteiger partial charge in [-0.05, 0) is 102 Å². The summed E-state index contributed by atoms with van der Waals surface area (Å²) in [6.45, 7) is 6.26. The molecule has 0 aromatic heterocycles. The highest BCUT2D eigenvalue weighted by atomic mass is 16.6. The Bertz CT molecular complexity index is 2480. The largest absolute Gasteiger partial charge is 0.478 e. The number of nitrogens with one attached hydrogen (secondary N) is 1. The van der Waals surface area contributed by atoms with Crippen LogP contribution >= 0.6 is 0 Å². The third-order valence-corrected chi connectivity index (χ3v) is 11.6. The predicted molar refractivity (Wildman–Crippen MR) is 239 cm³/mol. The van der Waals surface area contributed by atoms with Gasteiger partial charge in [0.1, 0.15) is 5.84 Å². The van der Waals surface area contributed by atoms with E-state index in [4.69, 9.17) is 19.9 Å². The van der Waals surface area contributed by atoms with Crippen LogP contribution in [0.5, 0.6) is 11.5 Å². The monoisotopic (exact) mass is 759 g/mol. The highest BCUT2D eigenvalue weighted by Gasteiger charge is 2.49. The van der Waals surface area contributed by atoms with Crippen LogP contribution < -0.4 is 15.2 Å². The molecule has 5 aromatic rings. The Morgan fingerprint density at radius 2 is 1.40 bits per heavy atom. The minimum atomic E-state index is -0.536. The van der Waals surface area contributed by atoms with E-state index < -0.39 is 17.6 Å². The van der Waals surface area contributed by atoms with Crippen LogP contribution in [0, 0.1) is 5.41 Å². The Morgan fingerprint density at radius 1 is 0.759 bits per heavy atom. The van der Waals surface area contributed by atoms with Crippen molar-refractivity contribution in [3.05, 3.63) is 227 Å². The Balaban J connectivity index is 0.00000231. The summed E-state index contributed by atoms with van der Waals surface area (Å²) in [6, 6.07) is 44.8. The molecule has 0 saturated carbocycles. The molecule has 288 valence electrons. The lowest BCUT2D eigenvalue weighted by atomic mass is 9.68. The highest BCUT2D eigenvalue weighted by molar-refractivity contribution is 6.20. The maximum absolute atomic E-state index is 9.12. The van der Waals surface area contributed by atoms with Gasteiger partial charge in [0.15, 0.2) is 23.7 Å². The van der Waals surface area contributed by atoms with Crippen molar-refractivity contribution >= 4 is 11.5 Å². The van der Waals surface area contributed by atoms with Gasteiger partial charge in [-0.3, -0.25) is 5.41 Å². The quantitative estimate of drug-likeness (QED) is 0.0921. The second-order valence-electron chi connectivity index (χ2n) is 14.6. The fourth-order valence-corrected chi connectivity index (χ4v) is 8.98. The number of benzene rings is 5. The normalized spacial score (nSPS) is 19.0. The van der Waals surface area contributed by atoms with E-state index in [9.17, 15) is 0 Å². The van der Waals surface area contributed by atoms with Crippen molar-refractivity contribution in [3.63, 3.8) is 0 Å². The summed E-state index contributed by atoms with van der Waals surface area (Å²) in [6.07, 6.45) is 17.4. The first-order chi connectivity index (χ1) is 28.6. The summed E-state index contributed by atoms with van der Waals surface area (Å²) >= 11 is 0. The van der Waals surface area contributed by atoms with Gasteiger partial charge in [-0.25, -0.2) is 4.99 Å². The number of hydrogen-bond donors (Lipinski definition) is 2. The van der Waals surface area contributed by atoms with Gasteiger partial charge in [-0.2, -0.15) is 0 Å². The molecule has 58 heavy (non-hydrogen) atoms. The number of rotatable bonds is 8. The van der Waals surface area contributed by atoms with E-state index in [0.29, 0.717) is 12.3 Å². The standard InChI is InChI=1S/C52H44N2O2.CH5N/c1-3-41(35-29-31-38(32-30-35)51(53)54-48(36-19-9-5-10-20-36)37-21-11-6-12-22-37)49-45(4-2)55-46-34-33-44-47(50(46)56-49)42-27-17-18-28-43(42)52(44,39-23-13-7-14-24-39)40-25-15-8-16-26-40;1-2/h3-5,7-11,13-29,31,33-34,45,49,53H,2,6,12,30,32H2,1H3;2H2,1H3/b41-3-,53-51?,54-48?;. The van der Waals surface area contributed by atoms with E-state index in [-0.39, 0.29) is 0 Å². The molecule has 5 heteroatoms. The minimum Gasteiger partial charge on any atom is -0.478 e. The smallest absolute Gasteiger partial charge is 0.170 e. The highest BCUT2D eigenvalue weighted by Crippen LogP contribution is 2.61. The Morgan fingerprint density at radius 3 is 2.02 bits per heavy atom. The van der Waals surface area contributed by atoms with E-state index in [1.807, 2.05) is 24.3 Å². The van der Waals surface area contributed by atoms with E-state index in [1.165, 1.54) is 29.3 Å². The fraction of sp³-hybridized carbons (Fsp3) is 0.170. The van der Waals surface area contributed by atoms with E-state index in [0.717, 1.165) is 75.5 Å².